The summed E-state index contributed by atoms with van der Waals surface area (Å²) in [6.07, 6.45) is 2.53. The molecule has 6 rings (SSSR count). The lowest BCUT2D eigenvalue weighted by Crippen LogP contribution is -2.49. The molecule has 1 spiro atoms. The van der Waals surface area contributed by atoms with E-state index in [0.29, 0.717) is 34.9 Å². The number of pyridine rings is 1. The molecule has 2 saturated heterocycles. The Morgan fingerprint density at radius 2 is 1.81 bits per heavy atom. The van der Waals surface area contributed by atoms with E-state index in [-0.39, 0.29) is 0 Å². The summed E-state index contributed by atoms with van der Waals surface area (Å²) in [5.74, 6) is 0.291. The summed E-state index contributed by atoms with van der Waals surface area (Å²) in [4.78, 5) is 37.2. The summed E-state index contributed by atoms with van der Waals surface area (Å²) < 4.78 is 26.1. The fraction of sp³-hybridized carbons (Fsp3) is 0.333. The van der Waals surface area contributed by atoms with Crippen molar-refractivity contribution >= 4 is 28.6 Å². The number of aromatic nitrogens is 3. The largest absolute Gasteiger partial charge is 0.478 e. The standard InChI is InChI=1S/C24H24N6O6S/c1-16-26-21(27-34-16)17-7-8-20(25-15-17)33-14-4-9-29-10-12-30(13-11-29)22-18-5-2-3-6-19(18)37(28-22)35-23(31)24(32)36-37/h2-3,5-8,15H,4,9-14H2,1H3. The van der Waals surface area contributed by atoms with E-state index in [9.17, 15) is 9.59 Å². The van der Waals surface area contributed by atoms with Crippen molar-refractivity contribution < 1.29 is 27.2 Å². The second-order valence-electron chi connectivity index (χ2n) is 8.68. The van der Waals surface area contributed by atoms with Gasteiger partial charge in [0.05, 0.1) is 6.61 Å². The number of nitrogens with zero attached hydrogens (tertiary/aromatic N) is 6. The Morgan fingerprint density at radius 1 is 1.03 bits per heavy atom. The van der Waals surface area contributed by atoms with Crippen molar-refractivity contribution in [3.63, 3.8) is 0 Å². The average molecular weight is 525 g/mol. The number of hydrogen-bond acceptors (Lipinski definition) is 12. The third-order valence-corrected chi connectivity index (χ3v) is 8.30. The fourth-order valence-electron chi connectivity index (χ4n) is 4.40. The van der Waals surface area contributed by atoms with Gasteiger partial charge in [0, 0.05) is 73.8 Å². The molecule has 3 aliphatic rings. The van der Waals surface area contributed by atoms with Crippen LogP contribution >= 0.6 is 10.8 Å². The van der Waals surface area contributed by atoms with Gasteiger partial charge >= 0.3 is 11.9 Å². The quantitative estimate of drug-likeness (QED) is 0.347. The van der Waals surface area contributed by atoms with Crippen molar-refractivity contribution in [3.8, 4) is 17.3 Å². The van der Waals surface area contributed by atoms with Gasteiger partial charge in [0.25, 0.3) is 0 Å². The number of carbonyl (C=O) groups excluding carboxylic acids is 2. The topological polar surface area (TPSA) is 132 Å². The molecule has 12 nitrogen and oxygen atoms in total. The van der Waals surface area contributed by atoms with Gasteiger partial charge in [0.15, 0.2) is 5.84 Å². The molecule has 0 aliphatic carbocycles. The van der Waals surface area contributed by atoms with Crippen molar-refractivity contribution in [1.82, 2.24) is 24.9 Å². The van der Waals surface area contributed by atoms with Crippen LogP contribution in [0.1, 0.15) is 17.9 Å². The van der Waals surface area contributed by atoms with Crippen molar-refractivity contribution in [3.05, 3.63) is 54.0 Å². The fourth-order valence-corrected chi connectivity index (χ4v) is 6.46. The summed E-state index contributed by atoms with van der Waals surface area (Å²) in [5, 5.41) is 3.89. The molecule has 0 N–H and O–H groups in total. The van der Waals surface area contributed by atoms with Gasteiger partial charge in [-0.05, 0) is 24.6 Å². The second kappa shape index (κ2) is 9.48. The van der Waals surface area contributed by atoms with E-state index >= 15 is 0 Å². The number of aryl methyl sites for hydroxylation is 1. The van der Waals surface area contributed by atoms with Gasteiger partial charge in [0.2, 0.25) is 17.6 Å². The molecule has 0 atom stereocenters. The summed E-state index contributed by atoms with van der Waals surface area (Å²) in [6, 6.07) is 11.1. The highest BCUT2D eigenvalue weighted by Gasteiger charge is 2.49. The van der Waals surface area contributed by atoms with Crippen molar-refractivity contribution in [2.24, 2.45) is 4.40 Å². The molecular formula is C24H24N6O6S. The zero-order chi connectivity index (χ0) is 25.4. The Kier molecular flexibility index (Phi) is 6.00. The van der Waals surface area contributed by atoms with E-state index in [4.69, 9.17) is 17.6 Å². The predicted octanol–water partition coefficient (Wildman–Crippen LogP) is 2.30. The number of piperazine rings is 1. The Bertz CT molecular complexity index is 1350. The minimum Gasteiger partial charge on any atom is -0.478 e. The molecule has 3 aromatic rings. The van der Waals surface area contributed by atoms with Crippen LogP contribution in [-0.4, -0.2) is 82.0 Å². The molecule has 0 radical (unpaired) electrons. The first-order valence-electron chi connectivity index (χ1n) is 11.9. The van der Waals surface area contributed by atoms with Crippen LogP contribution in [0.5, 0.6) is 5.88 Å². The van der Waals surface area contributed by atoms with E-state index in [2.05, 4.69) is 29.3 Å². The third kappa shape index (κ3) is 4.51. The van der Waals surface area contributed by atoms with Gasteiger partial charge < -0.3 is 22.5 Å². The number of carbonyl (C=O) groups is 2. The van der Waals surface area contributed by atoms with Crippen LogP contribution < -0.4 is 4.74 Å². The Hall–Kier alpha value is -3.97. The molecule has 0 amide bonds. The summed E-state index contributed by atoms with van der Waals surface area (Å²) in [6.45, 7) is 6.39. The summed E-state index contributed by atoms with van der Waals surface area (Å²) in [5.41, 5.74) is 1.61. The van der Waals surface area contributed by atoms with Crippen LogP contribution in [-0.2, 0) is 18.0 Å². The number of hydrogen-bond donors (Lipinski definition) is 0. The lowest BCUT2D eigenvalue weighted by molar-refractivity contribution is -0.150. The average Bonchev–Trinajstić information content (AvgIpc) is 3.58. The number of ether oxygens (including phenoxy) is 1. The first kappa shape index (κ1) is 23.4. The lowest BCUT2D eigenvalue weighted by Gasteiger charge is -2.35. The van der Waals surface area contributed by atoms with E-state index in [0.717, 1.165) is 50.3 Å². The maximum absolute atomic E-state index is 11.8. The maximum Gasteiger partial charge on any atom is 0.443 e. The van der Waals surface area contributed by atoms with Gasteiger partial charge in [-0.1, -0.05) is 17.3 Å². The molecule has 0 bridgehead atoms. The Balaban J connectivity index is 0.996. The van der Waals surface area contributed by atoms with Gasteiger partial charge in [-0.15, -0.1) is 4.40 Å². The van der Waals surface area contributed by atoms with E-state index in [1.807, 2.05) is 24.3 Å². The first-order valence-corrected chi connectivity index (χ1v) is 13.3. The molecule has 0 saturated carbocycles. The van der Waals surface area contributed by atoms with Crippen LogP contribution in [0.25, 0.3) is 11.4 Å². The zero-order valence-corrected chi connectivity index (χ0v) is 20.8. The molecule has 5 heterocycles. The van der Waals surface area contributed by atoms with E-state index < -0.39 is 22.7 Å². The molecule has 2 aromatic heterocycles. The molecule has 13 heteroatoms. The third-order valence-electron chi connectivity index (χ3n) is 6.22. The lowest BCUT2D eigenvalue weighted by atomic mass is 10.1. The zero-order valence-electron chi connectivity index (χ0n) is 20.0. The van der Waals surface area contributed by atoms with Gasteiger partial charge in [0.1, 0.15) is 4.90 Å². The number of amidine groups is 1. The smallest absolute Gasteiger partial charge is 0.443 e. The van der Waals surface area contributed by atoms with Gasteiger partial charge in [-0.25, -0.2) is 14.6 Å². The molecule has 192 valence electrons. The van der Waals surface area contributed by atoms with E-state index in [1.54, 1.807) is 25.3 Å². The predicted molar refractivity (Wildman–Crippen MR) is 131 cm³/mol. The SMILES string of the molecule is Cc1nc(-c2ccc(OCCCN3CCN(C4=NS5(OC(=O)C(=O)O5)c5ccccc54)CC3)nc2)no1. The highest BCUT2D eigenvalue weighted by Crippen LogP contribution is 2.66. The van der Waals surface area contributed by atoms with Gasteiger partial charge in [-0.2, -0.15) is 4.98 Å². The molecule has 3 aliphatic heterocycles. The normalized spacial score (nSPS) is 19.4. The van der Waals surface area contributed by atoms with E-state index in [1.165, 1.54) is 0 Å². The van der Waals surface area contributed by atoms with Crippen LogP contribution in [0.2, 0.25) is 0 Å². The second-order valence-corrected chi connectivity index (χ2v) is 10.6. The number of benzene rings is 1. The molecule has 1 aromatic carbocycles. The van der Waals surface area contributed by atoms with Crippen LogP contribution in [0.3, 0.4) is 0 Å². The molecule has 2 fully saturated rings. The van der Waals surface area contributed by atoms with Gasteiger partial charge in [-0.3, -0.25) is 4.90 Å². The molecular weight excluding hydrogens is 500 g/mol. The van der Waals surface area contributed by atoms with Crippen LogP contribution in [0.15, 0.2) is 56.4 Å². The highest BCUT2D eigenvalue weighted by atomic mass is 32.3. The van der Waals surface area contributed by atoms with Crippen LogP contribution in [0.4, 0.5) is 0 Å². The van der Waals surface area contributed by atoms with Crippen LogP contribution in [0, 0.1) is 6.92 Å². The first-order chi connectivity index (χ1) is 18.0. The van der Waals surface area contributed by atoms with Crippen molar-refractivity contribution in [2.75, 3.05) is 39.3 Å². The summed E-state index contributed by atoms with van der Waals surface area (Å²) >= 11 is 0. The Morgan fingerprint density at radius 3 is 2.51 bits per heavy atom. The van der Waals surface area contributed by atoms with Crippen molar-refractivity contribution in [1.29, 1.82) is 0 Å². The summed E-state index contributed by atoms with van der Waals surface area (Å²) in [7, 11) is -2.76. The number of fused-ring (bicyclic) bond motifs is 2. The van der Waals surface area contributed by atoms with Crippen molar-refractivity contribution in [2.45, 2.75) is 18.2 Å². The molecule has 0 unspecified atom stereocenters. The minimum atomic E-state index is -2.76. The number of rotatable bonds is 6. The monoisotopic (exact) mass is 524 g/mol. The maximum atomic E-state index is 11.8. The minimum absolute atomic E-state index is 0.504. The highest BCUT2D eigenvalue weighted by molar-refractivity contribution is 8.26. The Labute approximate surface area is 214 Å². The molecule has 37 heavy (non-hydrogen) atoms.